The van der Waals surface area contributed by atoms with E-state index in [0.29, 0.717) is 6.61 Å². The van der Waals surface area contributed by atoms with Crippen LogP contribution in [-0.2, 0) is 9.47 Å². The Labute approximate surface area is 86.4 Å². The monoisotopic (exact) mass is 202 g/mol. The maximum Gasteiger partial charge on any atom is 0.0838 e. The summed E-state index contributed by atoms with van der Waals surface area (Å²) in [7, 11) is 0. The Morgan fingerprint density at radius 2 is 2.07 bits per heavy atom. The molecule has 1 aliphatic carbocycles. The molecule has 0 saturated heterocycles. The quantitative estimate of drug-likeness (QED) is 0.738. The molecule has 0 aromatic heterocycles. The van der Waals surface area contributed by atoms with Crippen LogP contribution in [0.5, 0.6) is 0 Å². The fraction of sp³-hybridized carbons (Fsp3) is 1.00. The molecule has 0 aliphatic heterocycles. The standard InChI is InChI=1S/C11H22O3/c1-3-13-8-9(2)14-11-7-5-4-6-10(11)12/h9-12H,3-8H2,1-2H3. The minimum Gasteiger partial charge on any atom is -0.390 e. The van der Waals surface area contributed by atoms with Gasteiger partial charge in [0.25, 0.3) is 0 Å². The summed E-state index contributed by atoms with van der Waals surface area (Å²) in [6, 6.07) is 0. The maximum atomic E-state index is 9.68. The van der Waals surface area contributed by atoms with Crippen LogP contribution in [0.1, 0.15) is 39.5 Å². The second-order valence-electron chi connectivity index (χ2n) is 4.00. The van der Waals surface area contributed by atoms with Crippen molar-refractivity contribution in [2.75, 3.05) is 13.2 Å². The summed E-state index contributed by atoms with van der Waals surface area (Å²) < 4.78 is 11.0. The van der Waals surface area contributed by atoms with E-state index >= 15 is 0 Å². The molecule has 3 nitrogen and oxygen atoms in total. The third kappa shape index (κ3) is 3.95. The molecule has 3 atom stereocenters. The second kappa shape index (κ2) is 6.38. The lowest BCUT2D eigenvalue weighted by molar-refractivity contribution is -0.107. The van der Waals surface area contributed by atoms with Crippen molar-refractivity contribution in [3.63, 3.8) is 0 Å². The molecule has 0 aromatic carbocycles. The molecule has 0 radical (unpaired) electrons. The molecule has 1 saturated carbocycles. The predicted octanol–water partition coefficient (Wildman–Crippen LogP) is 1.73. The topological polar surface area (TPSA) is 38.7 Å². The van der Waals surface area contributed by atoms with Gasteiger partial charge in [0.2, 0.25) is 0 Å². The Morgan fingerprint density at radius 1 is 1.36 bits per heavy atom. The van der Waals surface area contributed by atoms with Crippen molar-refractivity contribution in [2.24, 2.45) is 0 Å². The summed E-state index contributed by atoms with van der Waals surface area (Å²) in [5.41, 5.74) is 0. The molecule has 0 spiro atoms. The van der Waals surface area contributed by atoms with E-state index in [4.69, 9.17) is 9.47 Å². The molecular weight excluding hydrogens is 180 g/mol. The van der Waals surface area contributed by atoms with Crippen LogP contribution in [0.3, 0.4) is 0 Å². The Morgan fingerprint density at radius 3 is 2.71 bits per heavy atom. The highest BCUT2D eigenvalue weighted by Gasteiger charge is 2.25. The van der Waals surface area contributed by atoms with Crippen LogP contribution in [0.25, 0.3) is 0 Å². The van der Waals surface area contributed by atoms with Gasteiger partial charge in [-0.1, -0.05) is 12.8 Å². The largest absolute Gasteiger partial charge is 0.390 e. The van der Waals surface area contributed by atoms with E-state index in [9.17, 15) is 5.11 Å². The molecule has 0 amide bonds. The van der Waals surface area contributed by atoms with Crippen molar-refractivity contribution in [3.8, 4) is 0 Å². The van der Waals surface area contributed by atoms with Gasteiger partial charge in [-0.25, -0.2) is 0 Å². The van der Waals surface area contributed by atoms with Crippen LogP contribution in [0.15, 0.2) is 0 Å². The molecule has 1 fully saturated rings. The van der Waals surface area contributed by atoms with Gasteiger partial charge in [0, 0.05) is 6.61 Å². The summed E-state index contributed by atoms with van der Waals surface area (Å²) in [4.78, 5) is 0. The van der Waals surface area contributed by atoms with E-state index in [2.05, 4.69) is 0 Å². The minimum absolute atomic E-state index is 0.0270. The molecule has 1 N–H and O–H groups in total. The summed E-state index contributed by atoms with van der Waals surface area (Å²) in [5.74, 6) is 0. The number of hydrogen-bond acceptors (Lipinski definition) is 3. The van der Waals surface area contributed by atoms with Gasteiger partial charge >= 0.3 is 0 Å². The van der Waals surface area contributed by atoms with Crippen LogP contribution in [0.2, 0.25) is 0 Å². The normalized spacial score (nSPS) is 30.2. The summed E-state index contributed by atoms with van der Waals surface area (Å²) in [6.07, 6.45) is 4.01. The highest BCUT2D eigenvalue weighted by atomic mass is 16.5. The van der Waals surface area contributed by atoms with E-state index in [-0.39, 0.29) is 18.3 Å². The molecule has 3 heteroatoms. The smallest absolute Gasteiger partial charge is 0.0838 e. The van der Waals surface area contributed by atoms with Gasteiger partial charge in [0.15, 0.2) is 0 Å². The molecule has 0 bridgehead atoms. The Bertz CT molecular complexity index is 149. The molecule has 14 heavy (non-hydrogen) atoms. The number of rotatable bonds is 5. The Hall–Kier alpha value is -0.120. The highest BCUT2D eigenvalue weighted by molar-refractivity contribution is 4.75. The van der Waals surface area contributed by atoms with E-state index in [1.54, 1.807) is 0 Å². The van der Waals surface area contributed by atoms with Crippen LogP contribution in [0.4, 0.5) is 0 Å². The lowest BCUT2D eigenvalue weighted by Gasteiger charge is -2.30. The average molecular weight is 202 g/mol. The van der Waals surface area contributed by atoms with Gasteiger partial charge in [0.05, 0.1) is 24.9 Å². The van der Waals surface area contributed by atoms with E-state index in [1.807, 2.05) is 13.8 Å². The van der Waals surface area contributed by atoms with Gasteiger partial charge in [-0.05, 0) is 26.7 Å². The lowest BCUT2D eigenvalue weighted by Crippen LogP contribution is -2.36. The molecule has 3 unspecified atom stereocenters. The van der Waals surface area contributed by atoms with Crippen molar-refractivity contribution in [1.29, 1.82) is 0 Å². The average Bonchev–Trinajstić information content (AvgIpc) is 2.18. The highest BCUT2D eigenvalue weighted by Crippen LogP contribution is 2.22. The number of ether oxygens (including phenoxy) is 2. The van der Waals surface area contributed by atoms with E-state index in [1.165, 1.54) is 6.42 Å². The van der Waals surface area contributed by atoms with Crippen LogP contribution < -0.4 is 0 Å². The van der Waals surface area contributed by atoms with Gasteiger partial charge in [-0.15, -0.1) is 0 Å². The number of hydrogen-bond donors (Lipinski definition) is 1. The van der Waals surface area contributed by atoms with E-state index in [0.717, 1.165) is 25.9 Å². The van der Waals surface area contributed by atoms with Crippen molar-refractivity contribution in [3.05, 3.63) is 0 Å². The van der Waals surface area contributed by atoms with Crippen molar-refractivity contribution < 1.29 is 14.6 Å². The van der Waals surface area contributed by atoms with Crippen LogP contribution in [-0.4, -0.2) is 36.6 Å². The summed E-state index contributed by atoms with van der Waals surface area (Å²) in [5, 5.41) is 9.68. The zero-order chi connectivity index (χ0) is 10.4. The van der Waals surface area contributed by atoms with Gasteiger partial charge in [0.1, 0.15) is 0 Å². The van der Waals surface area contributed by atoms with Crippen LogP contribution >= 0.6 is 0 Å². The SMILES string of the molecule is CCOCC(C)OC1CCCCC1O. The third-order valence-electron chi connectivity index (χ3n) is 2.63. The predicted molar refractivity (Wildman–Crippen MR) is 55.3 cm³/mol. The fourth-order valence-electron chi connectivity index (χ4n) is 1.86. The van der Waals surface area contributed by atoms with Crippen molar-refractivity contribution >= 4 is 0 Å². The molecule has 0 aromatic rings. The number of aliphatic hydroxyl groups excluding tert-OH is 1. The van der Waals surface area contributed by atoms with Crippen molar-refractivity contribution in [1.82, 2.24) is 0 Å². The third-order valence-corrected chi connectivity index (χ3v) is 2.63. The first-order chi connectivity index (χ1) is 6.74. The van der Waals surface area contributed by atoms with E-state index < -0.39 is 0 Å². The van der Waals surface area contributed by atoms with Gasteiger partial charge in [-0.3, -0.25) is 0 Å². The second-order valence-corrected chi connectivity index (χ2v) is 4.00. The minimum atomic E-state index is -0.271. The molecule has 1 rings (SSSR count). The summed E-state index contributed by atoms with van der Waals surface area (Å²) >= 11 is 0. The van der Waals surface area contributed by atoms with Gasteiger partial charge in [-0.2, -0.15) is 0 Å². The van der Waals surface area contributed by atoms with Crippen LogP contribution in [0, 0.1) is 0 Å². The first-order valence-electron chi connectivity index (χ1n) is 5.65. The maximum absolute atomic E-state index is 9.68. The first-order valence-corrected chi connectivity index (χ1v) is 5.65. The lowest BCUT2D eigenvalue weighted by atomic mass is 9.95. The Balaban J connectivity index is 2.20. The first kappa shape index (κ1) is 12.0. The number of aliphatic hydroxyl groups is 1. The zero-order valence-electron chi connectivity index (χ0n) is 9.24. The fourth-order valence-corrected chi connectivity index (χ4v) is 1.86. The van der Waals surface area contributed by atoms with Gasteiger partial charge < -0.3 is 14.6 Å². The van der Waals surface area contributed by atoms with Crippen molar-refractivity contribution in [2.45, 2.75) is 57.8 Å². The molecule has 1 aliphatic rings. The summed E-state index contributed by atoms with van der Waals surface area (Å²) in [6.45, 7) is 5.32. The molecule has 84 valence electrons. The zero-order valence-corrected chi connectivity index (χ0v) is 9.24. The molecule has 0 heterocycles. The Kier molecular flexibility index (Phi) is 5.45. The molecular formula is C11H22O3.